The summed E-state index contributed by atoms with van der Waals surface area (Å²) in [4.78, 5) is 33.0. The quantitative estimate of drug-likeness (QED) is 0.392. The lowest BCUT2D eigenvalue weighted by atomic mass is 9.97. The summed E-state index contributed by atoms with van der Waals surface area (Å²) in [5.41, 5.74) is 1.76. The van der Waals surface area contributed by atoms with Crippen molar-refractivity contribution in [3.8, 4) is 0 Å². The minimum absolute atomic E-state index is 0.0357. The van der Waals surface area contributed by atoms with Crippen LogP contribution in [0.1, 0.15) is 30.2 Å². The summed E-state index contributed by atoms with van der Waals surface area (Å²) in [7, 11) is 1.61. The molecule has 9 heteroatoms. The number of nitrogens with one attached hydrogen (secondary N) is 1. The minimum atomic E-state index is -0.452. The number of aromatic nitrogens is 2. The van der Waals surface area contributed by atoms with E-state index in [2.05, 4.69) is 5.32 Å². The number of ether oxygens (including phenoxy) is 1. The van der Waals surface area contributed by atoms with Crippen LogP contribution < -0.4 is 10.9 Å². The second kappa shape index (κ2) is 9.73. The average molecular weight is 478 g/mol. The van der Waals surface area contributed by atoms with E-state index in [1.807, 2.05) is 0 Å². The van der Waals surface area contributed by atoms with E-state index in [-0.39, 0.29) is 11.5 Å². The van der Waals surface area contributed by atoms with Crippen molar-refractivity contribution in [2.75, 3.05) is 19.0 Å². The van der Waals surface area contributed by atoms with E-state index in [1.165, 1.54) is 22.2 Å². The SMILES string of the molecule is COCCn1c(SC(C)C(=O)Nc2cccc(Cl)c2)nc2sc3c(c2c1=O)CCCC3. The van der Waals surface area contributed by atoms with Crippen LogP contribution >= 0.6 is 34.7 Å². The van der Waals surface area contributed by atoms with Crippen molar-refractivity contribution in [2.45, 2.75) is 49.6 Å². The molecule has 2 heterocycles. The molecule has 0 fully saturated rings. The van der Waals surface area contributed by atoms with Gasteiger partial charge in [-0.15, -0.1) is 11.3 Å². The van der Waals surface area contributed by atoms with E-state index in [4.69, 9.17) is 21.3 Å². The van der Waals surface area contributed by atoms with Crippen LogP contribution in [0.4, 0.5) is 5.69 Å². The highest BCUT2D eigenvalue weighted by Crippen LogP contribution is 2.35. The van der Waals surface area contributed by atoms with Crippen LogP contribution in [-0.2, 0) is 28.9 Å². The third-order valence-corrected chi connectivity index (χ3v) is 7.81. The molecule has 4 rings (SSSR count). The summed E-state index contributed by atoms with van der Waals surface area (Å²) in [6, 6.07) is 7.03. The Morgan fingerprint density at radius 1 is 1.39 bits per heavy atom. The highest BCUT2D eigenvalue weighted by atomic mass is 35.5. The topological polar surface area (TPSA) is 73.2 Å². The largest absolute Gasteiger partial charge is 0.383 e. The number of amides is 1. The average Bonchev–Trinajstić information content (AvgIpc) is 3.12. The highest BCUT2D eigenvalue weighted by molar-refractivity contribution is 8.00. The molecule has 1 N–H and O–H groups in total. The minimum Gasteiger partial charge on any atom is -0.383 e. The molecule has 3 aromatic rings. The van der Waals surface area contributed by atoms with Crippen molar-refractivity contribution in [1.29, 1.82) is 0 Å². The van der Waals surface area contributed by atoms with Gasteiger partial charge in [0.05, 0.1) is 23.8 Å². The molecule has 164 valence electrons. The maximum absolute atomic E-state index is 13.4. The van der Waals surface area contributed by atoms with Crippen LogP contribution in [0.25, 0.3) is 10.2 Å². The maximum Gasteiger partial charge on any atom is 0.263 e. The molecular formula is C22H24ClN3O3S2. The highest BCUT2D eigenvalue weighted by Gasteiger charge is 2.24. The molecule has 31 heavy (non-hydrogen) atoms. The Morgan fingerprint density at radius 3 is 2.97 bits per heavy atom. The van der Waals surface area contributed by atoms with E-state index in [9.17, 15) is 9.59 Å². The number of carbonyl (C=O) groups excluding carboxylic acids is 1. The van der Waals surface area contributed by atoms with Gasteiger partial charge in [0.15, 0.2) is 5.16 Å². The van der Waals surface area contributed by atoms with Gasteiger partial charge in [-0.3, -0.25) is 14.2 Å². The Kier molecular flexibility index (Phi) is 7.01. The van der Waals surface area contributed by atoms with Gasteiger partial charge in [0.2, 0.25) is 5.91 Å². The number of halogens is 1. The van der Waals surface area contributed by atoms with Crippen molar-refractivity contribution in [2.24, 2.45) is 0 Å². The molecule has 2 aromatic heterocycles. The normalized spacial score (nSPS) is 14.4. The summed E-state index contributed by atoms with van der Waals surface area (Å²) < 4.78 is 6.87. The fourth-order valence-corrected chi connectivity index (χ4v) is 6.14. The van der Waals surface area contributed by atoms with Gasteiger partial charge >= 0.3 is 0 Å². The lowest BCUT2D eigenvalue weighted by molar-refractivity contribution is -0.115. The number of nitrogens with zero attached hydrogens (tertiary/aromatic N) is 2. The van der Waals surface area contributed by atoms with Crippen LogP contribution in [0.5, 0.6) is 0 Å². The number of benzene rings is 1. The van der Waals surface area contributed by atoms with Gasteiger partial charge in [0.1, 0.15) is 4.83 Å². The molecule has 0 aliphatic heterocycles. The zero-order valence-corrected chi connectivity index (χ0v) is 19.8. The van der Waals surface area contributed by atoms with Crippen LogP contribution in [0, 0.1) is 0 Å². The van der Waals surface area contributed by atoms with Gasteiger partial charge in [-0.1, -0.05) is 29.4 Å². The number of fused-ring (bicyclic) bond motifs is 3. The zero-order valence-electron chi connectivity index (χ0n) is 17.4. The fraction of sp³-hybridized carbons (Fsp3) is 0.409. The lowest BCUT2D eigenvalue weighted by Gasteiger charge is -2.16. The predicted molar refractivity (Wildman–Crippen MR) is 128 cm³/mol. The number of anilines is 1. The predicted octanol–water partition coefficient (Wildman–Crippen LogP) is 4.76. The third kappa shape index (κ3) is 4.82. The summed E-state index contributed by atoms with van der Waals surface area (Å²) in [6.45, 7) is 2.60. The van der Waals surface area contributed by atoms with Crippen molar-refractivity contribution in [1.82, 2.24) is 9.55 Å². The first kappa shape index (κ1) is 22.3. The molecule has 6 nitrogen and oxygen atoms in total. The first-order valence-corrected chi connectivity index (χ1v) is 12.3. The van der Waals surface area contributed by atoms with Crippen molar-refractivity contribution in [3.63, 3.8) is 0 Å². The fourth-order valence-electron chi connectivity index (χ4n) is 3.71. The number of hydrogen-bond donors (Lipinski definition) is 1. The van der Waals surface area contributed by atoms with E-state index in [0.29, 0.717) is 29.0 Å². The first-order valence-electron chi connectivity index (χ1n) is 10.2. The van der Waals surface area contributed by atoms with Crippen molar-refractivity contribution in [3.05, 3.63) is 50.1 Å². The molecule has 1 aromatic carbocycles. The van der Waals surface area contributed by atoms with Gasteiger partial charge in [0, 0.05) is 22.7 Å². The molecule has 0 radical (unpaired) electrons. The first-order chi connectivity index (χ1) is 15.0. The molecule has 0 spiro atoms. The van der Waals surface area contributed by atoms with Crippen LogP contribution in [0.3, 0.4) is 0 Å². The summed E-state index contributed by atoms with van der Waals surface area (Å²) in [5, 5.41) is 4.27. The van der Waals surface area contributed by atoms with Crippen LogP contribution in [0.15, 0.2) is 34.2 Å². The van der Waals surface area contributed by atoms with Gasteiger partial charge < -0.3 is 10.1 Å². The van der Waals surface area contributed by atoms with Gasteiger partial charge in [-0.2, -0.15) is 0 Å². The van der Waals surface area contributed by atoms with Crippen molar-refractivity contribution < 1.29 is 9.53 Å². The zero-order chi connectivity index (χ0) is 22.0. The molecule has 1 aliphatic carbocycles. The Labute approximate surface area is 194 Å². The Balaban J connectivity index is 1.65. The molecule has 0 bridgehead atoms. The Morgan fingerprint density at radius 2 is 2.19 bits per heavy atom. The second-order valence-corrected chi connectivity index (χ2v) is 10.3. The summed E-state index contributed by atoms with van der Waals surface area (Å²) >= 11 is 8.91. The number of thioether (sulfide) groups is 1. The number of methoxy groups -OCH3 is 1. The van der Waals surface area contributed by atoms with E-state index in [1.54, 1.807) is 54.2 Å². The van der Waals surface area contributed by atoms with Gasteiger partial charge in [-0.25, -0.2) is 4.98 Å². The van der Waals surface area contributed by atoms with Crippen molar-refractivity contribution >= 4 is 56.5 Å². The van der Waals surface area contributed by atoms with Gasteiger partial charge in [-0.05, 0) is 56.4 Å². The Hall–Kier alpha value is -1.87. The standard InChI is InChI=1S/C22H24ClN3O3S2/c1-13(19(27)24-15-7-5-6-14(23)12-15)30-22-25-20-18(21(28)26(22)10-11-29-2)16-8-3-4-9-17(16)31-20/h5-7,12-13H,3-4,8-11H2,1-2H3,(H,24,27). The molecule has 1 atom stereocenters. The molecule has 1 aliphatic rings. The summed E-state index contributed by atoms with van der Waals surface area (Å²) in [6.07, 6.45) is 4.20. The Bertz CT molecular complexity index is 1170. The lowest BCUT2D eigenvalue weighted by Crippen LogP contribution is -2.28. The second-order valence-electron chi connectivity index (χ2n) is 7.49. The van der Waals surface area contributed by atoms with E-state index < -0.39 is 5.25 Å². The molecule has 1 unspecified atom stereocenters. The van der Waals surface area contributed by atoms with Crippen LogP contribution in [0.2, 0.25) is 5.02 Å². The number of hydrogen-bond acceptors (Lipinski definition) is 6. The molecule has 1 amide bonds. The summed E-state index contributed by atoms with van der Waals surface area (Å²) in [5.74, 6) is -0.176. The maximum atomic E-state index is 13.4. The number of thiophene rings is 1. The van der Waals surface area contributed by atoms with E-state index >= 15 is 0 Å². The monoisotopic (exact) mass is 477 g/mol. The molecular weight excluding hydrogens is 454 g/mol. The van der Waals surface area contributed by atoms with E-state index in [0.717, 1.165) is 35.9 Å². The number of rotatable bonds is 7. The molecule has 0 saturated heterocycles. The third-order valence-electron chi connectivity index (χ3n) is 5.30. The number of aryl methyl sites for hydroxylation is 2. The van der Waals surface area contributed by atoms with Crippen LogP contribution in [-0.4, -0.2) is 34.4 Å². The number of carbonyl (C=O) groups is 1. The molecule has 0 saturated carbocycles. The smallest absolute Gasteiger partial charge is 0.263 e. The van der Waals surface area contributed by atoms with Gasteiger partial charge in [0.25, 0.3) is 5.56 Å².